The third-order valence-corrected chi connectivity index (χ3v) is 6.47. The number of rotatable bonds is 3. The highest BCUT2D eigenvalue weighted by molar-refractivity contribution is 6.26. The minimum atomic E-state index is -4.94. The number of pyridine rings is 1. The quantitative estimate of drug-likeness (QED) is 0.341. The van der Waals surface area contributed by atoms with Crippen LogP contribution in [0.15, 0.2) is 121 Å². The zero-order valence-corrected chi connectivity index (χ0v) is 21.3. The second-order valence-corrected chi connectivity index (χ2v) is 9.61. The Morgan fingerprint density at radius 1 is 0.605 bits per heavy atom. The minimum Gasteiger partial charge on any atom is -0.222 e. The van der Waals surface area contributed by atoms with Crippen molar-refractivity contribution in [1.82, 2.24) is 0 Å². The molecule has 0 aliphatic heterocycles. The van der Waals surface area contributed by atoms with Gasteiger partial charge >= 0.3 is 0 Å². The molecule has 0 N–H and O–H groups in total. The summed E-state index contributed by atoms with van der Waals surface area (Å²) < 4.78 is 36.3. The molecule has 0 unspecified atom stereocenters. The number of benzene rings is 4. The normalized spacial score (nSPS) is 13.9. The van der Waals surface area contributed by atoms with E-state index in [0.29, 0.717) is 0 Å². The van der Waals surface area contributed by atoms with E-state index in [4.69, 9.17) is 18.6 Å². The Kier molecular flexibility index (Phi) is 7.20. The van der Waals surface area contributed by atoms with E-state index in [-0.39, 0.29) is 0 Å². The largest absolute Gasteiger partial charge is 0.222 e. The molecule has 4 aromatic carbocycles. The second kappa shape index (κ2) is 10.7. The monoisotopic (exact) mass is 521 g/mol. The van der Waals surface area contributed by atoms with Crippen LogP contribution in [0.25, 0.3) is 33.7 Å². The Bertz CT molecular complexity index is 1640. The molecule has 1 aliphatic rings. The summed E-state index contributed by atoms with van der Waals surface area (Å²) in [7, 11) is -2.75. The molecular weight excluding hydrogens is 498 g/mol. The van der Waals surface area contributed by atoms with Gasteiger partial charge in [-0.3, -0.25) is 0 Å². The van der Waals surface area contributed by atoms with Crippen molar-refractivity contribution in [2.75, 3.05) is 0 Å². The highest BCUT2D eigenvalue weighted by Crippen LogP contribution is 2.49. The van der Waals surface area contributed by atoms with Gasteiger partial charge in [0, 0.05) is 22.6 Å². The van der Waals surface area contributed by atoms with Gasteiger partial charge in [0.05, 0.1) is 11.1 Å². The molecule has 5 nitrogen and oxygen atoms in total. The SMILES string of the molecule is C[n+]1c2c(cc3ccccc31)C(c1ccccc1)=C(c1ccccc1)C2=Cc1ccccc1.[O-][Cl+3]([O-])([O-])[O-]. The van der Waals surface area contributed by atoms with Crippen LogP contribution in [-0.2, 0) is 7.05 Å². The average molecular weight is 522 g/mol. The molecular formula is C32H24ClNO4. The van der Waals surface area contributed by atoms with Crippen LogP contribution < -0.4 is 23.2 Å². The number of aromatic nitrogens is 1. The number of hydrogen-bond acceptors (Lipinski definition) is 4. The average Bonchev–Trinajstić information content (AvgIpc) is 3.23. The lowest BCUT2D eigenvalue weighted by Gasteiger charge is -2.17. The first-order valence-corrected chi connectivity index (χ1v) is 13.2. The van der Waals surface area contributed by atoms with Crippen molar-refractivity contribution in [2.45, 2.75) is 0 Å². The molecule has 0 saturated heterocycles. The number of nitrogens with zero attached hydrogens (tertiary/aromatic N) is 1. The number of allylic oxidation sites excluding steroid dienone is 2. The topological polar surface area (TPSA) is 96.1 Å². The number of hydrogen-bond donors (Lipinski definition) is 0. The standard InChI is InChI=1S/C32H24N.ClHO4/c1-33-29-20-12-11-19-26(29)22-28-31(25-17-9-4-10-18-25)30(24-15-7-3-8-16-24)27(32(28)33)21-23-13-5-2-6-14-23;2-1(3,4)5/h2-22H,1H3;(H,2,3,4,5)/q+1;/p-1. The summed E-state index contributed by atoms with van der Waals surface area (Å²) in [6.45, 7) is 0. The fourth-order valence-electron chi connectivity index (χ4n) is 5.01. The molecule has 0 atom stereocenters. The Balaban J connectivity index is 0.000000540. The fraction of sp³-hybridized carbons (Fsp3) is 0.0312. The van der Waals surface area contributed by atoms with Crippen LogP contribution in [0, 0.1) is 10.2 Å². The molecule has 1 aliphatic carbocycles. The maximum absolute atomic E-state index is 8.49. The number of para-hydroxylation sites is 1. The van der Waals surface area contributed by atoms with Crippen molar-refractivity contribution in [2.24, 2.45) is 7.05 Å². The summed E-state index contributed by atoms with van der Waals surface area (Å²) in [5, 5.41) is 1.25. The van der Waals surface area contributed by atoms with E-state index in [9.17, 15) is 0 Å². The molecule has 0 amide bonds. The van der Waals surface area contributed by atoms with Crippen molar-refractivity contribution in [3.8, 4) is 0 Å². The Morgan fingerprint density at radius 3 is 1.66 bits per heavy atom. The van der Waals surface area contributed by atoms with Gasteiger partial charge in [0.1, 0.15) is 7.05 Å². The van der Waals surface area contributed by atoms with Gasteiger partial charge in [-0.15, -0.1) is 10.2 Å². The van der Waals surface area contributed by atoms with E-state index in [0.717, 1.165) is 0 Å². The molecule has 38 heavy (non-hydrogen) atoms. The molecule has 6 rings (SSSR count). The smallest absolute Gasteiger partial charge is 0.221 e. The Morgan fingerprint density at radius 2 is 1.08 bits per heavy atom. The van der Waals surface area contributed by atoms with Crippen LogP contribution in [0.4, 0.5) is 0 Å². The van der Waals surface area contributed by atoms with Gasteiger partial charge in [0.2, 0.25) is 11.2 Å². The molecule has 5 aromatic rings. The van der Waals surface area contributed by atoms with Crippen LogP contribution in [0.2, 0.25) is 0 Å². The van der Waals surface area contributed by atoms with Gasteiger partial charge in [-0.25, -0.2) is 18.6 Å². The van der Waals surface area contributed by atoms with E-state index in [1.54, 1.807) is 0 Å². The fourth-order valence-corrected chi connectivity index (χ4v) is 5.01. The van der Waals surface area contributed by atoms with Crippen molar-refractivity contribution in [3.05, 3.63) is 149 Å². The predicted molar refractivity (Wildman–Crippen MR) is 138 cm³/mol. The van der Waals surface area contributed by atoms with Gasteiger partial charge in [0.25, 0.3) is 0 Å². The summed E-state index contributed by atoms with van der Waals surface area (Å²) in [5.41, 5.74) is 11.3. The van der Waals surface area contributed by atoms with Crippen LogP contribution in [0.1, 0.15) is 27.9 Å². The molecule has 0 radical (unpaired) electrons. The molecule has 0 saturated carbocycles. The molecule has 1 aromatic heterocycles. The number of halogens is 1. The van der Waals surface area contributed by atoms with Crippen molar-refractivity contribution < 1.29 is 33.4 Å². The molecule has 0 bridgehead atoms. The molecule has 6 heteroatoms. The lowest BCUT2D eigenvalue weighted by atomic mass is 9.92. The van der Waals surface area contributed by atoms with E-state index < -0.39 is 10.2 Å². The zero-order chi connectivity index (χ0) is 26.7. The highest BCUT2D eigenvalue weighted by Gasteiger charge is 2.36. The maximum atomic E-state index is 8.49. The van der Waals surface area contributed by atoms with E-state index in [2.05, 4.69) is 139 Å². The van der Waals surface area contributed by atoms with Gasteiger partial charge in [0.15, 0.2) is 0 Å². The van der Waals surface area contributed by atoms with Crippen LogP contribution in [-0.4, -0.2) is 0 Å². The lowest BCUT2D eigenvalue weighted by Crippen LogP contribution is -2.68. The molecule has 1 heterocycles. The summed E-state index contributed by atoms with van der Waals surface area (Å²) in [5.74, 6) is 0. The first kappa shape index (κ1) is 25.5. The first-order valence-electron chi connectivity index (χ1n) is 12.0. The summed E-state index contributed by atoms with van der Waals surface area (Å²) in [4.78, 5) is 0. The second-order valence-electron chi connectivity index (χ2n) is 8.85. The van der Waals surface area contributed by atoms with Crippen molar-refractivity contribution in [3.63, 3.8) is 0 Å². The zero-order valence-electron chi connectivity index (χ0n) is 20.6. The summed E-state index contributed by atoms with van der Waals surface area (Å²) in [6.07, 6.45) is 2.34. The van der Waals surface area contributed by atoms with E-state index in [1.165, 1.54) is 55.6 Å². The van der Waals surface area contributed by atoms with Crippen LogP contribution in [0.3, 0.4) is 0 Å². The van der Waals surface area contributed by atoms with Crippen LogP contribution in [0.5, 0.6) is 0 Å². The molecule has 0 spiro atoms. The number of fused-ring (bicyclic) bond motifs is 2. The first-order chi connectivity index (χ1) is 18.3. The van der Waals surface area contributed by atoms with Gasteiger partial charge in [-0.1, -0.05) is 103 Å². The lowest BCUT2D eigenvalue weighted by molar-refractivity contribution is -2.00. The Hall–Kier alpha value is -4.10. The minimum absolute atomic E-state index is 1.20. The third kappa shape index (κ3) is 5.43. The van der Waals surface area contributed by atoms with E-state index >= 15 is 0 Å². The predicted octanol–water partition coefficient (Wildman–Crippen LogP) is 2.42. The van der Waals surface area contributed by atoms with Gasteiger partial charge in [-0.05, 0) is 34.9 Å². The molecule has 0 fully saturated rings. The van der Waals surface area contributed by atoms with Crippen molar-refractivity contribution >= 4 is 33.7 Å². The Labute approximate surface area is 223 Å². The highest BCUT2D eigenvalue weighted by atomic mass is 35.7. The third-order valence-electron chi connectivity index (χ3n) is 6.47. The summed E-state index contributed by atoms with van der Waals surface area (Å²) in [6, 6.07) is 43.2. The van der Waals surface area contributed by atoms with E-state index in [1.807, 2.05) is 0 Å². The van der Waals surface area contributed by atoms with Crippen molar-refractivity contribution in [1.29, 1.82) is 0 Å². The molecule has 188 valence electrons. The summed E-state index contributed by atoms with van der Waals surface area (Å²) >= 11 is 0. The van der Waals surface area contributed by atoms with Gasteiger partial charge < -0.3 is 0 Å². The number of aryl methyl sites for hydroxylation is 1. The van der Waals surface area contributed by atoms with Gasteiger partial charge in [-0.2, -0.15) is 4.57 Å². The maximum Gasteiger partial charge on any atom is 0.221 e. The van der Waals surface area contributed by atoms with Crippen LogP contribution >= 0.6 is 0 Å².